The third kappa shape index (κ3) is 7.19. The third-order valence-electron chi connectivity index (χ3n) is 6.07. The van der Waals surface area contributed by atoms with Gasteiger partial charge in [-0.05, 0) is 76.6 Å². The molecule has 0 aliphatic rings. The Balaban J connectivity index is 2.02. The van der Waals surface area contributed by atoms with Crippen LogP contribution in [0, 0.1) is 19.7 Å². The lowest BCUT2D eigenvalue weighted by atomic mass is 10.1. The largest absolute Gasteiger partial charge is 0.352 e. The highest BCUT2D eigenvalue weighted by molar-refractivity contribution is 7.92. The van der Waals surface area contributed by atoms with Crippen molar-refractivity contribution in [2.24, 2.45) is 0 Å². The number of anilines is 1. The first kappa shape index (κ1) is 28.8. The van der Waals surface area contributed by atoms with E-state index in [4.69, 9.17) is 0 Å². The van der Waals surface area contributed by atoms with Crippen LogP contribution in [-0.4, -0.2) is 43.8 Å². The monoisotopic (exact) mass is 539 g/mol. The van der Waals surface area contributed by atoms with Crippen LogP contribution < -0.4 is 9.62 Å². The van der Waals surface area contributed by atoms with Crippen molar-refractivity contribution in [3.8, 4) is 0 Å². The molecule has 0 unspecified atom stereocenters. The second-order valence-corrected chi connectivity index (χ2v) is 11.5. The van der Waals surface area contributed by atoms with Crippen LogP contribution >= 0.6 is 0 Å². The van der Waals surface area contributed by atoms with E-state index in [1.165, 1.54) is 29.2 Å². The van der Waals surface area contributed by atoms with Crippen molar-refractivity contribution in [1.82, 2.24) is 10.2 Å². The maximum Gasteiger partial charge on any atom is 0.264 e. The van der Waals surface area contributed by atoms with Gasteiger partial charge in [-0.2, -0.15) is 0 Å². The van der Waals surface area contributed by atoms with E-state index in [2.05, 4.69) is 5.32 Å². The zero-order valence-electron chi connectivity index (χ0n) is 22.3. The minimum Gasteiger partial charge on any atom is -0.352 e. The smallest absolute Gasteiger partial charge is 0.264 e. The summed E-state index contributed by atoms with van der Waals surface area (Å²) in [6.45, 7) is 8.57. The molecule has 0 aromatic heterocycles. The van der Waals surface area contributed by atoms with Crippen LogP contribution in [0.2, 0.25) is 0 Å². The van der Waals surface area contributed by atoms with E-state index in [1.54, 1.807) is 19.1 Å². The SMILES string of the molecule is Cc1ccc(CN(C(=O)CN(c2ccc(F)cc2)S(=O)(=O)c2ccc(C)cc2)[C@H](C)C(=O)NC(C)C)cc1. The van der Waals surface area contributed by atoms with E-state index in [9.17, 15) is 22.4 Å². The Labute approximate surface area is 224 Å². The summed E-state index contributed by atoms with van der Waals surface area (Å²) >= 11 is 0. The highest BCUT2D eigenvalue weighted by atomic mass is 32.2. The van der Waals surface area contributed by atoms with E-state index < -0.39 is 34.3 Å². The van der Waals surface area contributed by atoms with Crippen molar-refractivity contribution < 1.29 is 22.4 Å². The fraction of sp³-hybridized carbons (Fsp3) is 0.310. The number of hydrogen-bond donors (Lipinski definition) is 1. The molecular formula is C29H34FN3O4S. The van der Waals surface area contributed by atoms with Crippen LogP contribution in [0.25, 0.3) is 0 Å². The van der Waals surface area contributed by atoms with Gasteiger partial charge in [0, 0.05) is 12.6 Å². The van der Waals surface area contributed by atoms with Crippen molar-refractivity contribution >= 4 is 27.5 Å². The molecule has 202 valence electrons. The summed E-state index contributed by atoms with van der Waals surface area (Å²) < 4.78 is 42.1. The average molecular weight is 540 g/mol. The Kier molecular flexibility index (Phi) is 9.27. The summed E-state index contributed by atoms with van der Waals surface area (Å²) in [6.07, 6.45) is 0. The van der Waals surface area contributed by atoms with E-state index in [0.717, 1.165) is 33.1 Å². The van der Waals surface area contributed by atoms with Gasteiger partial charge in [0.2, 0.25) is 11.8 Å². The van der Waals surface area contributed by atoms with Crippen LogP contribution in [0.4, 0.5) is 10.1 Å². The molecule has 0 radical (unpaired) electrons. The zero-order chi connectivity index (χ0) is 28.0. The topological polar surface area (TPSA) is 86.8 Å². The zero-order valence-corrected chi connectivity index (χ0v) is 23.1. The quantitative estimate of drug-likeness (QED) is 0.409. The Morgan fingerprint density at radius 3 is 1.89 bits per heavy atom. The number of sulfonamides is 1. The van der Waals surface area contributed by atoms with Gasteiger partial charge < -0.3 is 10.2 Å². The van der Waals surface area contributed by atoms with Gasteiger partial charge in [-0.15, -0.1) is 0 Å². The summed E-state index contributed by atoms with van der Waals surface area (Å²) in [7, 11) is -4.19. The van der Waals surface area contributed by atoms with Crippen molar-refractivity contribution in [2.75, 3.05) is 10.8 Å². The number of hydrogen-bond acceptors (Lipinski definition) is 4. The molecule has 0 bridgehead atoms. The Bertz CT molecular complexity index is 1360. The van der Waals surface area contributed by atoms with Gasteiger partial charge in [0.25, 0.3) is 10.0 Å². The highest BCUT2D eigenvalue weighted by Crippen LogP contribution is 2.25. The lowest BCUT2D eigenvalue weighted by Gasteiger charge is -2.32. The predicted molar refractivity (Wildman–Crippen MR) is 147 cm³/mol. The molecule has 0 spiro atoms. The van der Waals surface area contributed by atoms with Gasteiger partial charge in [-0.3, -0.25) is 13.9 Å². The average Bonchev–Trinajstić information content (AvgIpc) is 2.87. The first-order valence-corrected chi connectivity index (χ1v) is 13.8. The van der Waals surface area contributed by atoms with Gasteiger partial charge in [0.15, 0.2) is 0 Å². The molecule has 1 atom stereocenters. The van der Waals surface area contributed by atoms with Crippen LogP contribution in [0.15, 0.2) is 77.7 Å². The molecule has 0 fully saturated rings. The van der Waals surface area contributed by atoms with Crippen LogP contribution in [0.1, 0.15) is 37.5 Å². The van der Waals surface area contributed by atoms with Crippen LogP contribution in [0.3, 0.4) is 0 Å². The molecule has 0 aliphatic heterocycles. The number of nitrogens with zero attached hydrogens (tertiary/aromatic N) is 2. The predicted octanol–water partition coefficient (Wildman–Crippen LogP) is 4.58. The van der Waals surface area contributed by atoms with Crippen molar-refractivity contribution in [3.05, 3.63) is 95.3 Å². The molecular weight excluding hydrogens is 505 g/mol. The van der Waals surface area contributed by atoms with Gasteiger partial charge in [-0.1, -0.05) is 47.5 Å². The number of nitrogens with one attached hydrogen (secondary N) is 1. The summed E-state index contributed by atoms with van der Waals surface area (Å²) in [5, 5.41) is 2.82. The Morgan fingerprint density at radius 1 is 0.842 bits per heavy atom. The fourth-order valence-corrected chi connectivity index (χ4v) is 5.27. The number of amides is 2. The van der Waals surface area contributed by atoms with E-state index in [0.29, 0.717) is 0 Å². The lowest BCUT2D eigenvalue weighted by Crippen LogP contribution is -2.52. The molecule has 0 saturated heterocycles. The maximum absolute atomic E-state index is 13.8. The molecule has 3 aromatic rings. The molecule has 7 nitrogen and oxygen atoms in total. The summed E-state index contributed by atoms with van der Waals surface area (Å²) in [5.74, 6) is -1.46. The molecule has 0 heterocycles. The van der Waals surface area contributed by atoms with E-state index in [1.807, 2.05) is 52.0 Å². The van der Waals surface area contributed by atoms with E-state index >= 15 is 0 Å². The molecule has 2 amide bonds. The third-order valence-corrected chi connectivity index (χ3v) is 7.86. The number of aryl methyl sites for hydroxylation is 2. The second kappa shape index (κ2) is 12.2. The Hall–Kier alpha value is -3.72. The fourth-order valence-electron chi connectivity index (χ4n) is 3.85. The maximum atomic E-state index is 13.8. The molecule has 38 heavy (non-hydrogen) atoms. The van der Waals surface area contributed by atoms with Gasteiger partial charge >= 0.3 is 0 Å². The lowest BCUT2D eigenvalue weighted by molar-refractivity contribution is -0.139. The molecule has 9 heteroatoms. The summed E-state index contributed by atoms with van der Waals surface area (Å²) in [5.41, 5.74) is 2.85. The molecule has 1 N–H and O–H groups in total. The molecule has 0 saturated carbocycles. The number of halogens is 1. The minimum absolute atomic E-state index is 0.00379. The summed E-state index contributed by atoms with van der Waals surface area (Å²) in [4.78, 5) is 28.1. The van der Waals surface area contributed by atoms with Crippen molar-refractivity contribution in [3.63, 3.8) is 0 Å². The molecule has 3 rings (SSSR count). The number of benzene rings is 3. The first-order chi connectivity index (χ1) is 17.9. The van der Waals surface area contributed by atoms with Crippen LogP contribution in [-0.2, 0) is 26.2 Å². The minimum atomic E-state index is -4.19. The van der Waals surface area contributed by atoms with Gasteiger partial charge in [-0.25, -0.2) is 12.8 Å². The number of rotatable bonds is 10. The highest BCUT2D eigenvalue weighted by Gasteiger charge is 2.32. The van der Waals surface area contributed by atoms with E-state index in [-0.39, 0.29) is 29.1 Å². The Morgan fingerprint density at radius 2 is 1.37 bits per heavy atom. The van der Waals surface area contributed by atoms with Crippen LogP contribution in [0.5, 0.6) is 0 Å². The summed E-state index contributed by atoms with van der Waals surface area (Å²) in [6, 6.07) is 17.7. The first-order valence-electron chi connectivity index (χ1n) is 12.4. The van der Waals surface area contributed by atoms with Gasteiger partial charge in [0.1, 0.15) is 18.4 Å². The number of carbonyl (C=O) groups is 2. The van der Waals surface area contributed by atoms with Crippen molar-refractivity contribution in [2.45, 2.75) is 58.1 Å². The normalized spacial score (nSPS) is 12.2. The molecule has 3 aromatic carbocycles. The van der Waals surface area contributed by atoms with Crippen molar-refractivity contribution in [1.29, 1.82) is 0 Å². The standard InChI is InChI=1S/C29H34FN3O4S/c1-20(2)31-29(35)23(5)32(18-24-10-6-21(3)7-11-24)28(34)19-33(26-14-12-25(30)13-15-26)38(36,37)27-16-8-22(4)9-17-27/h6-17,20,23H,18-19H2,1-5H3,(H,31,35)/t23-/m1/s1. The second-order valence-electron chi connectivity index (χ2n) is 9.65. The molecule has 0 aliphatic carbocycles. The number of carbonyl (C=O) groups excluding carboxylic acids is 2. The van der Waals surface area contributed by atoms with Gasteiger partial charge in [0.05, 0.1) is 10.6 Å².